The Morgan fingerprint density at radius 3 is 2.60 bits per heavy atom. The van der Waals surface area contributed by atoms with Gasteiger partial charge in [0.25, 0.3) is 0 Å². The second-order valence-corrected chi connectivity index (χ2v) is 7.68. The Kier molecular flexibility index (Phi) is 4.75. The number of rotatable bonds is 3. The van der Waals surface area contributed by atoms with Gasteiger partial charge in [-0.2, -0.15) is 0 Å². The number of carbonyl (C=O) groups excluding carboxylic acids is 2. The molecule has 1 aromatic carbocycles. The third-order valence-electron chi connectivity index (χ3n) is 5.96. The molecule has 134 valence electrons. The number of likely N-dealkylation sites (tertiary alicyclic amines) is 1. The first-order valence-electron chi connectivity index (χ1n) is 9.67. The van der Waals surface area contributed by atoms with Crippen molar-refractivity contribution in [2.75, 3.05) is 18.4 Å². The summed E-state index contributed by atoms with van der Waals surface area (Å²) < 4.78 is 0. The molecule has 2 N–H and O–H groups in total. The Hall–Kier alpha value is -1.88. The Labute approximate surface area is 149 Å². The first-order chi connectivity index (χ1) is 12.2. The highest BCUT2D eigenvalue weighted by Crippen LogP contribution is 2.27. The molecule has 0 spiro atoms. The smallest absolute Gasteiger partial charge is 0.313 e. The van der Waals surface area contributed by atoms with Crippen molar-refractivity contribution in [1.82, 2.24) is 10.2 Å². The van der Waals surface area contributed by atoms with Crippen molar-refractivity contribution in [3.05, 3.63) is 29.3 Å². The molecule has 25 heavy (non-hydrogen) atoms. The SMILES string of the molecule is O=C(Nc1ccc2c(c1)CCC2)C(=O)N[C@H]1CCN(C2CCCC2)C1. The van der Waals surface area contributed by atoms with Gasteiger partial charge in [-0.1, -0.05) is 18.9 Å². The van der Waals surface area contributed by atoms with Crippen LogP contribution in [0.2, 0.25) is 0 Å². The van der Waals surface area contributed by atoms with Crippen LogP contribution in [0.25, 0.3) is 0 Å². The van der Waals surface area contributed by atoms with E-state index in [1.165, 1.54) is 43.2 Å². The summed E-state index contributed by atoms with van der Waals surface area (Å²) in [5.41, 5.74) is 3.38. The van der Waals surface area contributed by atoms with Crippen LogP contribution in [0.1, 0.15) is 49.7 Å². The maximum absolute atomic E-state index is 12.2. The molecule has 2 fully saturated rings. The fourth-order valence-electron chi connectivity index (χ4n) is 4.59. The summed E-state index contributed by atoms with van der Waals surface area (Å²) in [6, 6.07) is 6.74. The van der Waals surface area contributed by atoms with Crippen LogP contribution in [0.5, 0.6) is 0 Å². The summed E-state index contributed by atoms with van der Waals surface area (Å²) >= 11 is 0. The third kappa shape index (κ3) is 3.71. The van der Waals surface area contributed by atoms with E-state index in [0.717, 1.165) is 38.0 Å². The number of nitrogens with zero attached hydrogens (tertiary/aromatic N) is 1. The molecular weight excluding hydrogens is 314 g/mol. The van der Waals surface area contributed by atoms with Crippen molar-refractivity contribution in [2.45, 2.75) is 63.5 Å². The minimum Gasteiger partial charge on any atom is -0.344 e. The van der Waals surface area contributed by atoms with E-state index in [2.05, 4.69) is 21.6 Å². The minimum absolute atomic E-state index is 0.0962. The molecule has 5 nitrogen and oxygen atoms in total. The van der Waals surface area contributed by atoms with E-state index in [9.17, 15) is 9.59 Å². The quantitative estimate of drug-likeness (QED) is 0.829. The number of amides is 2. The van der Waals surface area contributed by atoms with Crippen LogP contribution < -0.4 is 10.6 Å². The first-order valence-corrected chi connectivity index (χ1v) is 9.67. The van der Waals surface area contributed by atoms with E-state index in [1.807, 2.05) is 12.1 Å². The number of carbonyl (C=O) groups is 2. The van der Waals surface area contributed by atoms with Crippen molar-refractivity contribution in [2.24, 2.45) is 0 Å². The van der Waals surface area contributed by atoms with Gasteiger partial charge >= 0.3 is 11.8 Å². The number of nitrogens with one attached hydrogen (secondary N) is 2. The monoisotopic (exact) mass is 341 g/mol. The van der Waals surface area contributed by atoms with Crippen LogP contribution in [0.3, 0.4) is 0 Å². The lowest BCUT2D eigenvalue weighted by Gasteiger charge is -2.23. The Balaban J connectivity index is 1.28. The fourth-order valence-corrected chi connectivity index (χ4v) is 4.59. The molecule has 1 aliphatic heterocycles. The number of benzene rings is 1. The highest BCUT2D eigenvalue weighted by atomic mass is 16.2. The van der Waals surface area contributed by atoms with Gasteiger partial charge < -0.3 is 10.6 Å². The second kappa shape index (κ2) is 7.16. The molecule has 4 rings (SSSR count). The molecule has 3 aliphatic rings. The second-order valence-electron chi connectivity index (χ2n) is 7.68. The normalized spacial score (nSPS) is 23.6. The van der Waals surface area contributed by atoms with Gasteiger partial charge in [-0.25, -0.2) is 0 Å². The van der Waals surface area contributed by atoms with Gasteiger partial charge in [0.05, 0.1) is 0 Å². The van der Waals surface area contributed by atoms with Crippen LogP contribution in [0.4, 0.5) is 5.69 Å². The van der Waals surface area contributed by atoms with E-state index in [0.29, 0.717) is 6.04 Å². The van der Waals surface area contributed by atoms with Crippen LogP contribution >= 0.6 is 0 Å². The molecule has 2 amide bonds. The van der Waals surface area contributed by atoms with Crippen LogP contribution in [0, 0.1) is 0 Å². The van der Waals surface area contributed by atoms with Crippen molar-refractivity contribution in [1.29, 1.82) is 0 Å². The molecule has 0 unspecified atom stereocenters. The Morgan fingerprint density at radius 2 is 1.76 bits per heavy atom. The zero-order chi connectivity index (χ0) is 17.2. The molecule has 1 aromatic rings. The average molecular weight is 341 g/mol. The van der Waals surface area contributed by atoms with Crippen LogP contribution in [0.15, 0.2) is 18.2 Å². The zero-order valence-electron chi connectivity index (χ0n) is 14.7. The van der Waals surface area contributed by atoms with E-state index < -0.39 is 11.8 Å². The van der Waals surface area contributed by atoms with E-state index in [4.69, 9.17) is 0 Å². The number of hydrogen-bond donors (Lipinski definition) is 2. The number of aryl methyl sites for hydroxylation is 2. The highest BCUT2D eigenvalue weighted by Gasteiger charge is 2.31. The summed E-state index contributed by atoms with van der Waals surface area (Å²) in [7, 11) is 0. The predicted octanol–water partition coefficient (Wildman–Crippen LogP) is 2.25. The highest BCUT2D eigenvalue weighted by molar-refractivity contribution is 6.39. The summed E-state index contributed by atoms with van der Waals surface area (Å²) in [6.45, 7) is 1.91. The van der Waals surface area contributed by atoms with Crippen LogP contribution in [-0.2, 0) is 22.4 Å². The van der Waals surface area contributed by atoms with Gasteiger partial charge in [0.1, 0.15) is 0 Å². The molecule has 1 saturated carbocycles. The molecule has 1 atom stereocenters. The molecule has 5 heteroatoms. The fraction of sp³-hybridized carbons (Fsp3) is 0.600. The standard InChI is InChI=1S/C20H27N3O2/c24-19(21-16-9-8-14-4-3-5-15(14)12-16)20(25)22-17-10-11-23(13-17)18-6-1-2-7-18/h8-9,12,17-18H,1-7,10-11,13H2,(H,21,24)(H,22,25)/t17-/m0/s1. The average Bonchev–Trinajstić information content (AvgIpc) is 3.35. The lowest BCUT2D eigenvalue weighted by Crippen LogP contribution is -2.43. The Morgan fingerprint density at radius 1 is 0.960 bits per heavy atom. The summed E-state index contributed by atoms with van der Waals surface area (Å²) in [4.78, 5) is 26.9. The predicted molar refractivity (Wildman–Crippen MR) is 97.5 cm³/mol. The topological polar surface area (TPSA) is 61.4 Å². The van der Waals surface area contributed by atoms with E-state index >= 15 is 0 Å². The molecule has 0 aromatic heterocycles. The summed E-state index contributed by atoms with van der Waals surface area (Å²) in [6.07, 6.45) is 9.48. The van der Waals surface area contributed by atoms with Gasteiger partial charge in [0.2, 0.25) is 0 Å². The maximum Gasteiger partial charge on any atom is 0.313 e. The van der Waals surface area contributed by atoms with Gasteiger partial charge in [-0.3, -0.25) is 14.5 Å². The molecule has 0 bridgehead atoms. The van der Waals surface area contributed by atoms with Crippen LogP contribution in [-0.4, -0.2) is 41.9 Å². The number of fused-ring (bicyclic) bond motifs is 1. The molecule has 2 aliphatic carbocycles. The lowest BCUT2D eigenvalue weighted by atomic mass is 10.1. The summed E-state index contributed by atoms with van der Waals surface area (Å²) in [5.74, 6) is -1.07. The molecule has 0 radical (unpaired) electrons. The Bertz CT molecular complexity index is 667. The van der Waals surface area contributed by atoms with Gasteiger partial charge in [0, 0.05) is 30.9 Å². The third-order valence-corrected chi connectivity index (χ3v) is 5.96. The zero-order valence-corrected chi connectivity index (χ0v) is 14.7. The molecule has 1 saturated heterocycles. The maximum atomic E-state index is 12.2. The molecule has 1 heterocycles. The van der Waals surface area contributed by atoms with Gasteiger partial charge in [0.15, 0.2) is 0 Å². The van der Waals surface area contributed by atoms with E-state index in [1.54, 1.807) is 0 Å². The van der Waals surface area contributed by atoms with Crippen molar-refractivity contribution < 1.29 is 9.59 Å². The van der Waals surface area contributed by atoms with Crippen molar-refractivity contribution in [3.8, 4) is 0 Å². The largest absolute Gasteiger partial charge is 0.344 e. The molecular formula is C20H27N3O2. The summed E-state index contributed by atoms with van der Waals surface area (Å²) in [5, 5.41) is 5.66. The van der Waals surface area contributed by atoms with Gasteiger partial charge in [-0.05, 0) is 61.8 Å². The van der Waals surface area contributed by atoms with Crippen molar-refractivity contribution in [3.63, 3.8) is 0 Å². The number of hydrogen-bond acceptors (Lipinski definition) is 3. The van der Waals surface area contributed by atoms with Gasteiger partial charge in [-0.15, -0.1) is 0 Å². The van der Waals surface area contributed by atoms with E-state index in [-0.39, 0.29) is 6.04 Å². The lowest BCUT2D eigenvalue weighted by molar-refractivity contribution is -0.136. The van der Waals surface area contributed by atoms with Crippen molar-refractivity contribution >= 4 is 17.5 Å². The minimum atomic E-state index is -0.558. The first kappa shape index (κ1) is 16.6. The number of anilines is 1.